The van der Waals surface area contributed by atoms with Gasteiger partial charge in [0, 0.05) is 6.20 Å². The Labute approximate surface area is 143 Å². The van der Waals surface area contributed by atoms with E-state index >= 15 is 0 Å². The second-order valence-electron chi connectivity index (χ2n) is 6.45. The molecular formula is C18H18F2N4O. The normalized spacial score (nSPS) is 15.6. The van der Waals surface area contributed by atoms with Crippen molar-refractivity contribution in [3.63, 3.8) is 0 Å². The van der Waals surface area contributed by atoms with Crippen molar-refractivity contribution in [1.29, 1.82) is 0 Å². The molecule has 5 nitrogen and oxygen atoms in total. The third-order valence-corrected chi connectivity index (χ3v) is 4.69. The first-order chi connectivity index (χ1) is 12.1. The maximum atomic E-state index is 13.9. The van der Waals surface area contributed by atoms with Crippen LogP contribution in [0.4, 0.5) is 8.78 Å². The van der Waals surface area contributed by atoms with Gasteiger partial charge < -0.3 is 4.52 Å². The van der Waals surface area contributed by atoms with E-state index in [1.807, 2.05) is 17.8 Å². The summed E-state index contributed by atoms with van der Waals surface area (Å²) in [6, 6.07) is 3.55. The molecule has 1 aliphatic carbocycles. The first kappa shape index (κ1) is 15.9. The standard InChI is InChI=1S/C18H18F2N4O/c1-11-15(10-24(22-11)13-5-3-2-4-6-13)18-21-17(23-25-18)14-9-12(19)7-8-16(14)20/h7-10,13H,2-6H2,1H3. The molecule has 0 aliphatic heterocycles. The van der Waals surface area contributed by atoms with Crippen molar-refractivity contribution in [2.45, 2.75) is 45.1 Å². The molecule has 2 aromatic heterocycles. The Morgan fingerprint density at radius 2 is 1.92 bits per heavy atom. The predicted molar refractivity (Wildman–Crippen MR) is 87.7 cm³/mol. The zero-order chi connectivity index (χ0) is 17.4. The van der Waals surface area contributed by atoms with Gasteiger partial charge in [0.05, 0.1) is 22.9 Å². The highest BCUT2D eigenvalue weighted by Crippen LogP contribution is 2.31. The minimum absolute atomic E-state index is 0.0210. The number of hydrogen-bond donors (Lipinski definition) is 0. The van der Waals surface area contributed by atoms with Crippen LogP contribution in [0.15, 0.2) is 28.9 Å². The summed E-state index contributed by atoms with van der Waals surface area (Å²) in [5, 5.41) is 8.38. The number of aromatic nitrogens is 4. The van der Waals surface area contributed by atoms with Gasteiger partial charge in [-0.15, -0.1) is 0 Å². The molecule has 0 amide bonds. The van der Waals surface area contributed by atoms with Crippen molar-refractivity contribution >= 4 is 0 Å². The maximum absolute atomic E-state index is 13.9. The van der Waals surface area contributed by atoms with E-state index in [1.165, 1.54) is 19.3 Å². The maximum Gasteiger partial charge on any atom is 0.261 e. The molecule has 1 fully saturated rings. The van der Waals surface area contributed by atoms with Crippen LogP contribution in [-0.4, -0.2) is 19.9 Å². The monoisotopic (exact) mass is 344 g/mol. The van der Waals surface area contributed by atoms with Crippen molar-refractivity contribution in [2.75, 3.05) is 0 Å². The molecule has 7 heteroatoms. The van der Waals surface area contributed by atoms with E-state index in [0.29, 0.717) is 6.04 Å². The molecule has 0 saturated heterocycles. The molecule has 0 spiro atoms. The molecule has 4 rings (SSSR count). The van der Waals surface area contributed by atoms with E-state index in [2.05, 4.69) is 15.2 Å². The van der Waals surface area contributed by atoms with Gasteiger partial charge in [-0.3, -0.25) is 4.68 Å². The van der Waals surface area contributed by atoms with Crippen molar-refractivity contribution in [1.82, 2.24) is 19.9 Å². The van der Waals surface area contributed by atoms with Crippen LogP contribution in [0.2, 0.25) is 0 Å². The summed E-state index contributed by atoms with van der Waals surface area (Å²) in [5.41, 5.74) is 1.48. The lowest BCUT2D eigenvalue weighted by atomic mass is 9.96. The molecule has 0 radical (unpaired) electrons. The second-order valence-corrected chi connectivity index (χ2v) is 6.45. The van der Waals surface area contributed by atoms with E-state index in [0.717, 1.165) is 42.3 Å². The zero-order valence-corrected chi connectivity index (χ0v) is 13.9. The minimum atomic E-state index is -0.594. The Kier molecular flexibility index (Phi) is 4.07. The summed E-state index contributed by atoms with van der Waals surface area (Å²) in [6.07, 6.45) is 7.83. The van der Waals surface area contributed by atoms with Crippen molar-refractivity contribution < 1.29 is 13.3 Å². The summed E-state index contributed by atoms with van der Waals surface area (Å²) in [5.74, 6) is -0.859. The molecule has 0 N–H and O–H groups in total. The van der Waals surface area contributed by atoms with Crippen LogP contribution in [-0.2, 0) is 0 Å². The Bertz CT molecular complexity index is 896. The fraction of sp³-hybridized carbons (Fsp3) is 0.389. The molecule has 1 aromatic carbocycles. The van der Waals surface area contributed by atoms with Crippen LogP contribution >= 0.6 is 0 Å². The molecule has 25 heavy (non-hydrogen) atoms. The van der Waals surface area contributed by atoms with E-state index in [1.54, 1.807) is 0 Å². The van der Waals surface area contributed by atoms with Gasteiger partial charge in [0.2, 0.25) is 5.82 Å². The van der Waals surface area contributed by atoms with Gasteiger partial charge in [-0.2, -0.15) is 10.1 Å². The largest absolute Gasteiger partial charge is 0.333 e. The fourth-order valence-corrected chi connectivity index (χ4v) is 3.34. The highest BCUT2D eigenvalue weighted by Gasteiger charge is 2.21. The quantitative estimate of drug-likeness (QED) is 0.691. The van der Waals surface area contributed by atoms with E-state index < -0.39 is 11.6 Å². The molecule has 1 aliphatic rings. The van der Waals surface area contributed by atoms with E-state index in [-0.39, 0.29) is 17.3 Å². The van der Waals surface area contributed by atoms with Crippen molar-refractivity contribution in [2.24, 2.45) is 0 Å². The van der Waals surface area contributed by atoms with Crippen LogP contribution in [0.3, 0.4) is 0 Å². The number of aryl methyl sites for hydroxylation is 1. The van der Waals surface area contributed by atoms with Crippen LogP contribution in [0, 0.1) is 18.6 Å². The zero-order valence-electron chi connectivity index (χ0n) is 13.9. The number of hydrogen-bond acceptors (Lipinski definition) is 4. The van der Waals surface area contributed by atoms with Crippen LogP contribution in [0.1, 0.15) is 43.8 Å². The number of nitrogens with zero attached hydrogens (tertiary/aromatic N) is 4. The van der Waals surface area contributed by atoms with Gasteiger partial charge in [0.25, 0.3) is 5.89 Å². The van der Waals surface area contributed by atoms with Crippen molar-refractivity contribution in [3.8, 4) is 22.8 Å². The van der Waals surface area contributed by atoms with Gasteiger partial charge in [-0.05, 0) is 38.0 Å². The smallest absolute Gasteiger partial charge is 0.261 e. The van der Waals surface area contributed by atoms with Gasteiger partial charge in [0.1, 0.15) is 11.6 Å². The van der Waals surface area contributed by atoms with Gasteiger partial charge in [0.15, 0.2) is 0 Å². The fourth-order valence-electron chi connectivity index (χ4n) is 3.34. The average Bonchev–Trinajstić information content (AvgIpc) is 3.24. The molecule has 0 unspecified atom stereocenters. The number of rotatable bonds is 3. The highest BCUT2D eigenvalue weighted by atomic mass is 19.1. The summed E-state index contributed by atoms with van der Waals surface area (Å²) in [4.78, 5) is 4.23. The predicted octanol–water partition coefficient (Wildman–Crippen LogP) is 4.69. The summed E-state index contributed by atoms with van der Waals surface area (Å²) < 4.78 is 34.5. The lowest BCUT2D eigenvalue weighted by Gasteiger charge is -2.21. The first-order valence-electron chi connectivity index (χ1n) is 8.47. The Balaban J connectivity index is 1.66. The second kappa shape index (κ2) is 6.38. The Morgan fingerprint density at radius 1 is 1.12 bits per heavy atom. The topological polar surface area (TPSA) is 56.7 Å². The first-order valence-corrected chi connectivity index (χ1v) is 8.47. The molecular weight excluding hydrogens is 326 g/mol. The van der Waals surface area contributed by atoms with Crippen LogP contribution in [0.25, 0.3) is 22.8 Å². The van der Waals surface area contributed by atoms with Gasteiger partial charge in [-0.25, -0.2) is 8.78 Å². The molecule has 3 aromatic rings. The molecule has 0 atom stereocenters. The lowest BCUT2D eigenvalue weighted by Crippen LogP contribution is -2.13. The van der Waals surface area contributed by atoms with Gasteiger partial charge >= 0.3 is 0 Å². The van der Waals surface area contributed by atoms with Crippen molar-refractivity contribution in [3.05, 3.63) is 41.7 Å². The lowest BCUT2D eigenvalue weighted by molar-refractivity contribution is 0.328. The number of benzene rings is 1. The third kappa shape index (κ3) is 3.06. The van der Waals surface area contributed by atoms with Crippen LogP contribution < -0.4 is 0 Å². The number of halogens is 2. The molecule has 2 heterocycles. The third-order valence-electron chi connectivity index (χ3n) is 4.69. The summed E-state index contributed by atoms with van der Waals surface area (Å²) >= 11 is 0. The SMILES string of the molecule is Cc1nn(C2CCCCC2)cc1-c1nc(-c2cc(F)ccc2F)no1. The summed E-state index contributed by atoms with van der Waals surface area (Å²) in [6.45, 7) is 1.88. The van der Waals surface area contributed by atoms with Crippen LogP contribution in [0.5, 0.6) is 0 Å². The van der Waals surface area contributed by atoms with Gasteiger partial charge in [-0.1, -0.05) is 24.4 Å². The van der Waals surface area contributed by atoms with E-state index in [9.17, 15) is 8.78 Å². The Hall–Kier alpha value is -2.57. The summed E-state index contributed by atoms with van der Waals surface area (Å²) in [7, 11) is 0. The average molecular weight is 344 g/mol. The Morgan fingerprint density at radius 3 is 2.72 bits per heavy atom. The highest BCUT2D eigenvalue weighted by molar-refractivity contribution is 5.61. The van der Waals surface area contributed by atoms with E-state index in [4.69, 9.17) is 4.52 Å². The molecule has 0 bridgehead atoms. The molecule has 130 valence electrons. The molecule has 1 saturated carbocycles. The minimum Gasteiger partial charge on any atom is -0.333 e.